The van der Waals surface area contributed by atoms with Crippen LogP contribution in [0.15, 0.2) is 35.5 Å². The van der Waals surface area contributed by atoms with Crippen molar-refractivity contribution in [3.05, 3.63) is 64.2 Å². The van der Waals surface area contributed by atoms with Crippen molar-refractivity contribution in [2.24, 2.45) is 5.16 Å². The number of aromatic nitrogens is 1. The average molecular weight is 483 g/mol. The van der Waals surface area contributed by atoms with Crippen LogP contribution in [-0.2, 0) is 22.6 Å². The predicted octanol–water partition coefficient (Wildman–Crippen LogP) is 4.60. The van der Waals surface area contributed by atoms with Crippen molar-refractivity contribution in [2.75, 3.05) is 0 Å². The van der Waals surface area contributed by atoms with Gasteiger partial charge in [-0.25, -0.2) is 4.39 Å². The molecule has 0 bridgehead atoms. The first kappa shape index (κ1) is 26.3. The lowest BCUT2D eigenvalue weighted by Crippen LogP contribution is -2.32. The molecule has 2 atom stereocenters. The molecule has 2 aromatic rings. The van der Waals surface area contributed by atoms with Gasteiger partial charge in [0.15, 0.2) is 0 Å². The fraction of sp³-hybridized carbons (Fsp3) is 0.481. The summed E-state index contributed by atoms with van der Waals surface area (Å²) >= 11 is 0. The molecule has 3 rings (SSSR count). The number of hydrogen-bond acceptors (Lipinski definition) is 5. The maximum atomic E-state index is 13.1. The van der Waals surface area contributed by atoms with E-state index in [1.165, 1.54) is 12.1 Å². The zero-order chi connectivity index (χ0) is 25.4. The van der Waals surface area contributed by atoms with Crippen LogP contribution in [0.1, 0.15) is 85.7 Å². The number of carbonyl (C=O) groups excluding carboxylic acids is 2. The first-order valence-electron chi connectivity index (χ1n) is 12.3. The summed E-state index contributed by atoms with van der Waals surface area (Å²) in [6, 6.07) is 8.04. The molecule has 35 heavy (non-hydrogen) atoms. The Morgan fingerprint density at radius 2 is 1.97 bits per heavy atom. The summed E-state index contributed by atoms with van der Waals surface area (Å²) < 4.78 is 13.1. The molecule has 1 aromatic heterocycles. The molecule has 7 nitrogen and oxygen atoms in total. The number of oxime groups is 1. The number of pyridine rings is 1. The van der Waals surface area contributed by atoms with Crippen molar-refractivity contribution in [1.82, 2.24) is 15.6 Å². The Hall–Kier alpha value is -3.29. The van der Waals surface area contributed by atoms with Crippen LogP contribution in [-0.4, -0.2) is 34.7 Å². The maximum absolute atomic E-state index is 13.1. The molecule has 8 heteroatoms. The molecule has 2 heterocycles. The summed E-state index contributed by atoms with van der Waals surface area (Å²) in [6.07, 6.45) is 4.81. The van der Waals surface area contributed by atoms with Crippen molar-refractivity contribution in [2.45, 2.75) is 84.9 Å². The Morgan fingerprint density at radius 1 is 1.23 bits per heavy atom. The summed E-state index contributed by atoms with van der Waals surface area (Å²) in [5, 5.41) is 10.2. The molecule has 0 radical (unpaired) electrons. The Morgan fingerprint density at radius 3 is 2.63 bits per heavy atom. The van der Waals surface area contributed by atoms with Gasteiger partial charge in [-0.2, -0.15) is 0 Å². The molecule has 188 valence electrons. The van der Waals surface area contributed by atoms with Crippen molar-refractivity contribution in [3.63, 3.8) is 0 Å². The third-order valence-corrected chi connectivity index (χ3v) is 6.30. The number of nitrogens with one attached hydrogen (secondary N) is 2. The van der Waals surface area contributed by atoms with E-state index in [4.69, 9.17) is 9.82 Å². The van der Waals surface area contributed by atoms with Crippen LogP contribution < -0.4 is 10.6 Å². The first-order chi connectivity index (χ1) is 16.8. The van der Waals surface area contributed by atoms with Crippen LogP contribution in [0.2, 0.25) is 0 Å². The lowest BCUT2D eigenvalue weighted by atomic mass is 9.98. The first-order valence-corrected chi connectivity index (χ1v) is 12.3. The zero-order valence-corrected chi connectivity index (χ0v) is 21.0. The second-order valence-corrected chi connectivity index (χ2v) is 8.99. The van der Waals surface area contributed by atoms with E-state index in [1.807, 2.05) is 13.8 Å². The third-order valence-electron chi connectivity index (χ3n) is 6.30. The number of rotatable bonds is 11. The molecule has 1 aromatic carbocycles. The third kappa shape index (κ3) is 7.34. The summed E-state index contributed by atoms with van der Waals surface area (Å²) in [4.78, 5) is 34.7. The molecule has 0 saturated heterocycles. The van der Waals surface area contributed by atoms with E-state index >= 15 is 0 Å². The standard InChI is InChI=1S/C27H35FN4O3/c1-5-21(31-18(4)33)8-7-9-22-14-26(32-35-22)25-15-24(23(6-2)17(3)30-25)27(34)29-16-19-10-12-20(28)13-11-19/h10-13,15,21-22H,5-9,14,16H2,1-4H3,(H,29,34)(H,31,33). The molecule has 2 amide bonds. The summed E-state index contributed by atoms with van der Waals surface area (Å²) in [7, 11) is 0. The van der Waals surface area contributed by atoms with E-state index in [2.05, 4.69) is 22.7 Å². The normalized spacial score (nSPS) is 15.8. The van der Waals surface area contributed by atoms with Crippen LogP contribution >= 0.6 is 0 Å². The summed E-state index contributed by atoms with van der Waals surface area (Å²) in [6.45, 7) is 7.81. The molecule has 1 aliphatic heterocycles. The molecular formula is C27H35FN4O3. The molecular weight excluding hydrogens is 447 g/mol. The molecule has 0 spiro atoms. The molecule has 0 saturated carbocycles. The minimum atomic E-state index is -0.307. The van der Waals surface area contributed by atoms with Crippen LogP contribution in [0, 0.1) is 12.7 Å². The van der Waals surface area contributed by atoms with E-state index in [0.29, 0.717) is 30.6 Å². The van der Waals surface area contributed by atoms with Crippen LogP contribution in [0.5, 0.6) is 0 Å². The Bertz CT molecular complexity index is 1070. The average Bonchev–Trinajstić information content (AvgIpc) is 3.31. The number of carbonyl (C=O) groups is 2. The van der Waals surface area contributed by atoms with Gasteiger partial charge in [0.05, 0.1) is 5.69 Å². The summed E-state index contributed by atoms with van der Waals surface area (Å²) in [5.74, 6) is -0.509. The van der Waals surface area contributed by atoms with Gasteiger partial charge in [-0.05, 0) is 68.4 Å². The molecule has 1 aliphatic rings. The highest BCUT2D eigenvalue weighted by Gasteiger charge is 2.25. The highest BCUT2D eigenvalue weighted by atomic mass is 19.1. The monoisotopic (exact) mass is 482 g/mol. The SMILES string of the molecule is CCc1c(C(=O)NCc2ccc(F)cc2)cc(C2=NOC(CCCC(CC)NC(C)=O)C2)nc1C. The Balaban J connectivity index is 1.63. The Labute approximate surface area is 206 Å². The van der Waals surface area contributed by atoms with Gasteiger partial charge in [0, 0.05) is 37.2 Å². The van der Waals surface area contributed by atoms with E-state index < -0.39 is 0 Å². The minimum Gasteiger partial charge on any atom is -0.392 e. The van der Waals surface area contributed by atoms with Gasteiger partial charge in [-0.15, -0.1) is 0 Å². The van der Waals surface area contributed by atoms with Gasteiger partial charge in [0.25, 0.3) is 5.91 Å². The smallest absolute Gasteiger partial charge is 0.251 e. The van der Waals surface area contributed by atoms with Crippen LogP contribution in [0.4, 0.5) is 4.39 Å². The van der Waals surface area contributed by atoms with Crippen molar-refractivity contribution >= 4 is 17.5 Å². The number of benzene rings is 1. The van der Waals surface area contributed by atoms with Crippen molar-refractivity contribution < 1.29 is 18.8 Å². The van der Waals surface area contributed by atoms with E-state index in [1.54, 1.807) is 25.1 Å². The molecule has 2 unspecified atom stereocenters. The van der Waals surface area contributed by atoms with Gasteiger partial charge in [-0.1, -0.05) is 31.1 Å². The number of hydrogen-bond donors (Lipinski definition) is 2. The lowest BCUT2D eigenvalue weighted by molar-refractivity contribution is -0.119. The van der Waals surface area contributed by atoms with Gasteiger partial charge >= 0.3 is 0 Å². The topological polar surface area (TPSA) is 92.7 Å². The molecule has 0 fully saturated rings. The number of nitrogens with zero attached hydrogens (tertiary/aromatic N) is 2. The molecule has 0 aliphatic carbocycles. The van der Waals surface area contributed by atoms with Crippen LogP contribution in [0.3, 0.4) is 0 Å². The van der Waals surface area contributed by atoms with Crippen LogP contribution in [0.25, 0.3) is 0 Å². The predicted molar refractivity (Wildman–Crippen MR) is 134 cm³/mol. The fourth-order valence-electron chi connectivity index (χ4n) is 4.37. The van der Waals surface area contributed by atoms with E-state index in [0.717, 1.165) is 48.2 Å². The van der Waals surface area contributed by atoms with Gasteiger partial charge in [0.1, 0.15) is 17.6 Å². The summed E-state index contributed by atoms with van der Waals surface area (Å²) in [5.41, 5.74) is 4.48. The number of halogens is 1. The second-order valence-electron chi connectivity index (χ2n) is 8.99. The maximum Gasteiger partial charge on any atom is 0.251 e. The van der Waals surface area contributed by atoms with Gasteiger partial charge in [0.2, 0.25) is 5.91 Å². The number of amides is 2. The minimum absolute atomic E-state index is 0.00550. The number of aryl methyl sites for hydroxylation is 1. The Kier molecular flexibility index (Phi) is 9.34. The van der Waals surface area contributed by atoms with Crippen molar-refractivity contribution in [1.29, 1.82) is 0 Å². The second kappa shape index (κ2) is 12.4. The van der Waals surface area contributed by atoms with E-state index in [9.17, 15) is 14.0 Å². The lowest BCUT2D eigenvalue weighted by Gasteiger charge is -2.16. The largest absolute Gasteiger partial charge is 0.392 e. The highest BCUT2D eigenvalue weighted by Crippen LogP contribution is 2.23. The van der Waals surface area contributed by atoms with E-state index in [-0.39, 0.29) is 29.8 Å². The van der Waals surface area contributed by atoms with Gasteiger partial charge < -0.3 is 15.5 Å². The van der Waals surface area contributed by atoms with Gasteiger partial charge in [-0.3, -0.25) is 14.6 Å². The highest BCUT2D eigenvalue weighted by molar-refractivity contribution is 6.03. The quantitative estimate of drug-likeness (QED) is 0.490. The van der Waals surface area contributed by atoms with Crippen molar-refractivity contribution in [3.8, 4) is 0 Å². The molecule has 2 N–H and O–H groups in total. The fourth-order valence-corrected chi connectivity index (χ4v) is 4.37. The zero-order valence-electron chi connectivity index (χ0n) is 21.0.